The Morgan fingerprint density at radius 1 is 1.30 bits per heavy atom. The summed E-state index contributed by atoms with van der Waals surface area (Å²) >= 11 is 3.39. The molecular formula is C14H17BrClN3O3S. The highest BCUT2D eigenvalue weighted by atomic mass is 79.9. The van der Waals surface area contributed by atoms with Crippen molar-refractivity contribution in [3.63, 3.8) is 0 Å². The highest BCUT2D eigenvalue weighted by Crippen LogP contribution is 2.36. The molecule has 6 nitrogen and oxygen atoms in total. The topological polar surface area (TPSA) is 99.1 Å². The summed E-state index contributed by atoms with van der Waals surface area (Å²) in [5, 5.41) is 4.00. The number of halogens is 2. The van der Waals surface area contributed by atoms with E-state index in [1.54, 1.807) is 6.07 Å². The molecule has 1 aromatic carbocycles. The van der Waals surface area contributed by atoms with Crippen molar-refractivity contribution in [2.75, 3.05) is 6.26 Å². The molecule has 3 rings (SSSR count). The van der Waals surface area contributed by atoms with Crippen LogP contribution in [0.5, 0.6) is 0 Å². The third kappa shape index (κ3) is 3.60. The minimum Gasteiger partial charge on any atom is -0.334 e. The number of rotatable bonds is 3. The van der Waals surface area contributed by atoms with Gasteiger partial charge < -0.3 is 10.3 Å². The Balaban J connectivity index is 0.00000192. The van der Waals surface area contributed by atoms with Gasteiger partial charge in [0.05, 0.1) is 16.0 Å². The van der Waals surface area contributed by atoms with Crippen LogP contribution in [0, 0.1) is 0 Å². The van der Waals surface area contributed by atoms with E-state index < -0.39 is 15.4 Å². The van der Waals surface area contributed by atoms with Crippen LogP contribution in [-0.2, 0) is 15.4 Å². The zero-order chi connectivity index (χ0) is 16.0. The van der Waals surface area contributed by atoms with Gasteiger partial charge in [-0.25, -0.2) is 8.42 Å². The minimum absolute atomic E-state index is 0. The normalized spacial score (nSPS) is 17.0. The van der Waals surface area contributed by atoms with Crippen molar-refractivity contribution in [2.45, 2.75) is 36.1 Å². The van der Waals surface area contributed by atoms with Crippen LogP contribution in [0.25, 0.3) is 11.5 Å². The molecular weight excluding hydrogens is 406 g/mol. The molecule has 126 valence electrons. The first kappa shape index (κ1) is 18.4. The molecule has 1 fully saturated rings. The first-order valence-corrected chi connectivity index (χ1v) is 9.61. The molecule has 1 aromatic heterocycles. The van der Waals surface area contributed by atoms with Crippen LogP contribution in [0.1, 0.15) is 31.5 Å². The fourth-order valence-electron chi connectivity index (χ4n) is 2.66. The summed E-state index contributed by atoms with van der Waals surface area (Å²) in [6, 6.07) is 4.71. The summed E-state index contributed by atoms with van der Waals surface area (Å²) in [7, 11) is -3.31. The molecule has 23 heavy (non-hydrogen) atoms. The quantitative estimate of drug-likeness (QED) is 0.816. The molecule has 0 atom stereocenters. The summed E-state index contributed by atoms with van der Waals surface area (Å²) in [4.78, 5) is 4.59. The van der Waals surface area contributed by atoms with Crippen LogP contribution in [0.2, 0.25) is 0 Å². The van der Waals surface area contributed by atoms with Crippen LogP contribution >= 0.6 is 28.3 Å². The molecule has 1 heterocycles. The molecule has 0 saturated heterocycles. The highest BCUT2D eigenvalue weighted by Gasteiger charge is 2.36. The van der Waals surface area contributed by atoms with Crippen LogP contribution < -0.4 is 5.73 Å². The van der Waals surface area contributed by atoms with Crippen LogP contribution in [0.3, 0.4) is 0 Å². The average Bonchev–Trinajstić information content (AvgIpc) is 3.07. The molecule has 1 aliphatic rings. The molecule has 0 unspecified atom stereocenters. The van der Waals surface area contributed by atoms with Gasteiger partial charge in [0.25, 0.3) is 5.89 Å². The van der Waals surface area contributed by atoms with Crippen molar-refractivity contribution >= 4 is 38.2 Å². The van der Waals surface area contributed by atoms with E-state index in [2.05, 4.69) is 26.1 Å². The molecule has 0 bridgehead atoms. The average molecular weight is 423 g/mol. The summed E-state index contributed by atoms with van der Waals surface area (Å²) in [6.45, 7) is 0. The van der Waals surface area contributed by atoms with E-state index in [-0.39, 0.29) is 23.2 Å². The summed E-state index contributed by atoms with van der Waals surface area (Å²) < 4.78 is 29.4. The number of benzene rings is 1. The molecule has 1 saturated carbocycles. The summed E-state index contributed by atoms with van der Waals surface area (Å²) in [5.41, 5.74) is 6.32. The second-order valence-electron chi connectivity index (χ2n) is 5.70. The van der Waals surface area contributed by atoms with E-state index in [0.29, 0.717) is 15.9 Å². The van der Waals surface area contributed by atoms with Gasteiger partial charge in [0.2, 0.25) is 0 Å². The van der Waals surface area contributed by atoms with E-state index in [1.807, 2.05) is 0 Å². The monoisotopic (exact) mass is 421 g/mol. The zero-order valence-electron chi connectivity index (χ0n) is 12.5. The maximum Gasteiger partial charge on any atom is 0.259 e. The van der Waals surface area contributed by atoms with Crippen LogP contribution in [-0.4, -0.2) is 24.8 Å². The van der Waals surface area contributed by atoms with Gasteiger partial charge in [-0.2, -0.15) is 4.98 Å². The Morgan fingerprint density at radius 3 is 2.57 bits per heavy atom. The van der Waals surface area contributed by atoms with Gasteiger partial charge >= 0.3 is 0 Å². The largest absolute Gasteiger partial charge is 0.334 e. The second-order valence-corrected chi connectivity index (χ2v) is 8.57. The van der Waals surface area contributed by atoms with Gasteiger partial charge in [-0.3, -0.25) is 0 Å². The first-order valence-electron chi connectivity index (χ1n) is 6.93. The van der Waals surface area contributed by atoms with Crippen molar-refractivity contribution in [1.29, 1.82) is 0 Å². The van der Waals surface area contributed by atoms with Gasteiger partial charge in [0.1, 0.15) is 0 Å². The van der Waals surface area contributed by atoms with Crippen LogP contribution in [0.4, 0.5) is 0 Å². The first-order chi connectivity index (χ1) is 10.3. The molecule has 0 radical (unpaired) electrons. The Morgan fingerprint density at radius 2 is 1.96 bits per heavy atom. The maximum absolute atomic E-state index is 11.7. The van der Waals surface area contributed by atoms with Crippen molar-refractivity contribution in [3.8, 4) is 11.5 Å². The third-order valence-corrected chi connectivity index (χ3v) is 5.77. The number of hydrogen-bond acceptors (Lipinski definition) is 6. The molecule has 1 aliphatic carbocycles. The van der Waals surface area contributed by atoms with E-state index in [1.165, 1.54) is 12.1 Å². The van der Waals surface area contributed by atoms with Gasteiger partial charge in [-0.15, -0.1) is 12.4 Å². The fraction of sp³-hybridized carbons (Fsp3) is 0.429. The lowest BCUT2D eigenvalue weighted by molar-refractivity contribution is 0.372. The lowest BCUT2D eigenvalue weighted by Crippen LogP contribution is -2.34. The Bertz CT molecular complexity index is 816. The lowest BCUT2D eigenvalue weighted by Gasteiger charge is -2.17. The van der Waals surface area contributed by atoms with Gasteiger partial charge in [-0.1, -0.05) is 18.0 Å². The number of aromatic nitrogens is 2. The number of nitrogens with two attached hydrogens (primary N) is 1. The third-order valence-electron chi connectivity index (χ3n) is 3.96. The van der Waals surface area contributed by atoms with Gasteiger partial charge in [-0.05, 0) is 47.0 Å². The smallest absolute Gasteiger partial charge is 0.259 e. The Labute approximate surface area is 149 Å². The van der Waals surface area contributed by atoms with Gasteiger partial charge in [0, 0.05) is 10.7 Å². The zero-order valence-corrected chi connectivity index (χ0v) is 15.7. The predicted octanol–water partition coefficient (Wildman–Crippen LogP) is 3.05. The minimum atomic E-state index is -3.31. The molecule has 9 heteroatoms. The Kier molecular flexibility index (Phi) is 5.20. The van der Waals surface area contributed by atoms with E-state index >= 15 is 0 Å². The number of hydrogen-bond donors (Lipinski definition) is 1. The van der Waals surface area contributed by atoms with Gasteiger partial charge in [0.15, 0.2) is 15.7 Å². The summed E-state index contributed by atoms with van der Waals surface area (Å²) in [6.07, 6.45) is 4.92. The summed E-state index contributed by atoms with van der Waals surface area (Å²) in [5.74, 6) is 0.751. The van der Waals surface area contributed by atoms with Crippen molar-refractivity contribution < 1.29 is 12.9 Å². The highest BCUT2D eigenvalue weighted by molar-refractivity contribution is 9.10. The number of sulfone groups is 1. The van der Waals surface area contributed by atoms with E-state index in [0.717, 1.165) is 31.9 Å². The molecule has 2 N–H and O–H groups in total. The van der Waals surface area contributed by atoms with E-state index in [9.17, 15) is 8.42 Å². The molecule has 0 spiro atoms. The van der Waals surface area contributed by atoms with Crippen LogP contribution in [0.15, 0.2) is 32.1 Å². The fourth-order valence-corrected chi connectivity index (χ4v) is 3.73. The van der Waals surface area contributed by atoms with Crippen molar-refractivity contribution in [3.05, 3.63) is 28.5 Å². The molecule has 0 amide bonds. The Hall–Kier alpha value is -0.960. The molecule has 2 aromatic rings. The predicted molar refractivity (Wildman–Crippen MR) is 92.1 cm³/mol. The van der Waals surface area contributed by atoms with E-state index in [4.69, 9.17) is 10.3 Å². The van der Waals surface area contributed by atoms with Crippen molar-refractivity contribution in [2.24, 2.45) is 5.73 Å². The maximum atomic E-state index is 11.7. The number of nitrogens with zero attached hydrogens (tertiary/aromatic N) is 2. The second kappa shape index (κ2) is 6.51. The van der Waals surface area contributed by atoms with Crippen molar-refractivity contribution in [1.82, 2.24) is 10.1 Å². The molecule has 0 aliphatic heterocycles. The standard InChI is InChI=1S/C14H16BrN3O3S.ClH/c1-22(19,20)9-4-5-11(15)10(8-9)12-17-13(18-21-12)14(16)6-2-3-7-14;/h4-5,8H,2-3,6-7,16H2,1H3;1H. The SMILES string of the molecule is CS(=O)(=O)c1ccc(Br)c(-c2nc(C3(N)CCCC3)no2)c1.Cl. The lowest BCUT2D eigenvalue weighted by atomic mass is 9.99.